The van der Waals surface area contributed by atoms with Crippen LogP contribution in [0.25, 0.3) is 0 Å². The summed E-state index contributed by atoms with van der Waals surface area (Å²) in [4.78, 5) is 12.6. The van der Waals surface area contributed by atoms with Crippen LogP contribution < -0.4 is 5.32 Å². The second-order valence-corrected chi connectivity index (χ2v) is 7.72. The summed E-state index contributed by atoms with van der Waals surface area (Å²) in [5.41, 5.74) is 1.06. The number of halogens is 1. The van der Waals surface area contributed by atoms with Crippen LogP contribution in [0.1, 0.15) is 35.6 Å². The quantitative estimate of drug-likeness (QED) is 0.651. The summed E-state index contributed by atoms with van der Waals surface area (Å²) < 4.78 is 24.1. The molecule has 0 fully saturated rings. The molecule has 1 atom stereocenters. The van der Waals surface area contributed by atoms with Gasteiger partial charge >= 0.3 is 7.60 Å². The molecule has 2 aromatic rings. The normalized spacial score (nSPS) is 12.6. The van der Waals surface area contributed by atoms with E-state index < -0.39 is 13.4 Å². The number of hydrogen-bond donors (Lipinski definition) is 1. The van der Waals surface area contributed by atoms with E-state index in [0.29, 0.717) is 16.1 Å². The molecule has 0 bridgehead atoms. The number of carbonyl (C=O) groups is 1. The first-order valence-corrected chi connectivity index (χ1v) is 9.99. The largest absolute Gasteiger partial charge is 0.357 e. The van der Waals surface area contributed by atoms with Gasteiger partial charge in [-0.3, -0.25) is 9.36 Å². The molecule has 0 radical (unpaired) electrons. The zero-order valence-electron chi connectivity index (χ0n) is 14.1. The molecule has 0 saturated carbocycles. The van der Waals surface area contributed by atoms with E-state index in [2.05, 4.69) is 5.32 Å². The fourth-order valence-electron chi connectivity index (χ4n) is 2.34. The summed E-state index contributed by atoms with van der Waals surface area (Å²) in [5.74, 6) is -1.29. The molecule has 0 unspecified atom stereocenters. The third kappa shape index (κ3) is 5.16. The lowest BCUT2D eigenvalue weighted by atomic mass is 10.2. The smallest absolute Gasteiger partial charge is 0.334 e. The van der Waals surface area contributed by atoms with Crippen LogP contribution in [-0.2, 0) is 13.6 Å². The Morgan fingerprint density at radius 3 is 2.12 bits per heavy atom. The van der Waals surface area contributed by atoms with Crippen molar-refractivity contribution in [3.05, 3.63) is 70.7 Å². The average Bonchev–Trinajstić information content (AvgIpc) is 2.61. The maximum atomic E-state index is 13.3. The van der Waals surface area contributed by atoms with Crippen LogP contribution in [0.15, 0.2) is 54.6 Å². The molecule has 0 spiro atoms. The number of hydrogen-bond acceptors (Lipinski definition) is 4. The van der Waals surface area contributed by atoms with Crippen LogP contribution in [0.5, 0.6) is 0 Å². The maximum Gasteiger partial charge on any atom is 0.357 e. The first-order valence-electron chi connectivity index (χ1n) is 8.00. The van der Waals surface area contributed by atoms with E-state index in [0.717, 1.165) is 0 Å². The summed E-state index contributed by atoms with van der Waals surface area (Å²) in [6.45, 7) is 3.87. The van der Waals surface area contributed by atoms with Gasteiger partial charge in [0.05, 0.1) is 13.2 Å². The maximum absolute atomic E-state index is 13.3. The van der Waals surface area contributed by atoms with Gasteiger partial charge < -0.3 is 14.4 Å². The highest BCUT2D eigenvalue weighted by Gasteiger charge is 2.38. The Morgan fingerprint density at radius 1 is 1.04 bits per heavy atom. The topological polar surface area (TPSA) is 64.6 Å². The van der Waals surface area contributed by atoms with Gasteiger partial charge in [0.15, 0.2) is 5.78 Å². The van der Waals surface area contributed by atoms with Gasteiger partial charge in [-0.05, 0) is 43.7 Å². The highest BCUT2D eigenvalue weighted by Crippen LogP contribution is 2.59. The zero-order valence-corrected chi connectivity index (χ0v) is 15.8. The lowest BCUT2D eigenvalue weighted by Crippen LogP contribution is -2.29. The van der Waals surface area contributed by atoms with Crippen molar-refractivity contribution in [2.45, 2.75) is 19.6 Å². The molecule has 0 heterocycles. The van der Waals surface area contributed by atoms with Crippen molar-refractivity contribution in [1.29, 1.82) is 0 Å². The first-order chi connectivity index (χ1) is 12.0. The number of carbonyl (C=O) groups excluding carboxylic acids is 1. The Hall–Kier alpha value is -1.65. The highest BCUT2D eigenvalue weighted by molar-refractivity contribution is 7.54. The summed E-state index contributed by atoms with van der Waals surface area (Å²) in [6, 6.07) is 15.5. The minimum Gasteiger partial charge on any atom is -0.334 e. The lowest BCUT2D eigenvalue weighted by molar-refractivity contribution is 0.0937. The molecular weight excluding hydrogens is 361 g/mol. The van der Waals surface area contributed by atoms with Gasteiger partial charge in [0.1, 0.15) is 0 Å². The molecule has 0 aliphatic rings. The Labute approximate surface area is 152 Å². The molecule has 25 heavy (non-hydrogen) atoms. The molecule has 2 rings (SSSR count). The Balaban J connectivity index is 2.36. The molecule has 134 valence electrons. The summed E-state index contributed by atoms with van der Waals surface area (Å²) >= 11 is 5.86. The van der Waals surface area contributed by atoms with Crippen molar-refractivity contribution in [1.82, 2.24) is 5.32 Å². The third-order valence-electron chi connectivity index (χ3n) is 3.42. The van der Waals surface area contributed by atoms with E-state index in [1.54, 1.807) is 62.4 Å². The fourth-order valence-corrected chi connectivity index (χ4v) is 4.37. The standard InChI is InChI=1S/C18H21ClNO4P/c1-3-23-25(22,24-4-2)18(15-8-6-5-7-9-15)20-17(21)14-10-12-16(19)13-11-14/h5-13,18H,3-4H2,1-2H3,(H,20,21)/t18-/m1/s1. The molecule has 0 aliphatic carbocycles. The van der Waals surface area contributed by atoms with Crippen molar-refractivity contribution in [3.8, 4) is 0 Å². The van der Waals surface area contributed by atoms with E-state index in [9.17, 15) is 9.36 Å². The molecule has 5 nitrogen and oxygen atoms in total. The van der Waals surface area contributed by atoms with Crippen LogP contribution in [-0.4, -0.2) is 19.1 Å². The lowest BCUT2D eigenvalue weighted by Gasteiger charge is -2.27. The Kier molecular flexibility index (Phi) is 7.21. The monoisotopic (exact) mass is 381 g/mol. The summed E-state index contributed by atoms with van der Waals surface area (Å²) in [6.07, 6.45) is 0. The number of amides is 1. The minimum atomic E-state index is -3.59. The van der Waals surface area contributed by atoms with Gasteiger partial charge in [0.25, 0.3) is 5.91 Å². The van der Waals surface area contributed by atoms with Crippen molar-refractivity contribution in [3.63, 3.8) is 0 Å². The van der Waals surface area contributed by atoms with Crippen molar-refractivity contribution in [2.75, 3.05) is 13.2 Å². The van der Waals surface area contributed by atoms with E-state index in [-0.39, 0.29) is 19.1 Å². The van der Waals surface area contributed by atoms with Crippen LogP contribution in [0.2, 0.25) is 5.02 Å². The van der Waals surface area contributed by atoms with E-state index in [4.69, 9.17) is 20.6 Å². The molecular formula is C18H21ClNO4P. The van der Waals surface area contributed by atoms with Gasteiger partial charge in [-0.2, -0.15) is 0 Å². The number of nitrogens with one attached hydrogen (secondary N) is 1. The molecule has 0 aromatic heterocycles. The first kappa shape index (κ1) is 19.7. The predicted octanol–water partition coefficient (Wildman–Crippen LogP) is 5.03. The fraction of sp³-hybridized carbons (Fsp3) is 0.278. The Bertz CT molecular complexity index is 727. The highest BCUT2D eigenvalue weighted by atomic mass is 35.5. The number of rotatable bonds is 8. The summed E-state index contributed by atoms with van der Waals surface area (Å²) in [7, 11) is -3.59. The second kappa shape index (κ2) is 9.16. The van der Waals surface area contributed by atoms with E-state index in [1.165, 1.54) is 0 Å². The zero-order chi connectivity index (χ0) is 18.3. The van der Waals surface area contributed by atoms with Crippen LogP contribution in [0.4, 0.5) is 0 Å². The van der Waals surface area contributed by atoms with E-state index in [1.807, 2.05) is 6.07 Å². The van der Waals surface area contributed by atoms with Crippen molar-refractivity contribution >= 4 is 25.1 Å². The van der Waals surface area contributed by atoms with Crippen LogP contribution in [0, 0.1) is 0 Å². The van der Waals surface area contributed by atoms with Gasteiger partial charge in [-0.1, -0.05) is 41.9 Å². The third-order valence-corrected chi connectivity index (χ3v) is 5.97. The average molecular weight is 382 g/mol. The van der Waals surface area contributed by atoms with E-state index >= 15 is 0 Å². The SMILES string of the molecule is CCOP(=O)(OCC)[C@@H](NC(=O)c1ccc(Cl)cc1)c1ccccc1. The van der Waals surface area contributed by atoms with Crippen LogP contribution in [0.3, 0.4) is 0 Å². The molecule has 7 heteroatoms. The van der Waals surface area contributed by atoms with Gasteiger partial charge in [-0.15, -0.1) is 0 Å². The summed E-state index contributed by atoms with van der Waals surface area (Å²) in [5, 5.41) is 3.32. The number of benzene rings is 2. The van der Waals surface area contributed by atoms with Crippen molar-refractivity contribution < 1.29 is 18.4 Å². The Morgan fingerprint density at radius 2 is 1.60 bits per heavy atom. The van der Waals surface area contributed by atoms with Crippen LogP contribution >= 0.6 is 19.2 Å². The second-order valence-electron chi connectivity index (χ2n) is 5.17. The molecule has 1 amide bonds. The van der Waals surface area contributed by atoms with Gasteiger partial charge in [0, 0.05) is 10.6 Å². The molecule has 2 aromatic carbocycles. The minimum absolute atomic E-state index is 0.206. The predicted molar refractivity (Wildman–Crippen MR) is 99.0 cm³/mol. The molecule has 0 aliphatic heterocycles. The molecule has 1 N–H and O–H groups in total. The molecule has 0 saturated heterocycles. The van der Waals surface area contributed by atoms with Gasteiger partial charge in [-0.25, -0.2) is 0 Å². The van der Waals surface area contributed by atoms with Crippen molar-refractivity contribution in [2.24, 2.45) is 0 Å². The van der Waals surface area contributed by atoms with Gasteiger partial charge in [0.2, 0.25) is 0 Å².